The molecule has 0 saturated carbocycles. The van der Waals surface area contributed by atoms with Crippen molar-refractivity contribution in [2.24, 2.45) is 5.92 Å². The Bertz CT molecular complexity index is 425. The molecule has 3 aliphatic heterocycles. The zero-order chi connectivity index (χ0) is 13.9. The van der Waals surface area contributed by atoms with Crippen LogP contribution < -0.4 is 5.32 Å². The van der Waals surface area contributed by atoms with Crippen molar-refractivity contribution in [3.63, 3.8) is 0 Å². The number of hydrogen-bond donors (Lipinski definition) is 2. The molecule has 0 amide bonds. The number of aliphatic hydroxyl groups excluding tert-OH is 1. The molecular weight excluding hydrogens is 248 g/mol. The van der Waals surface area contributed by atoms with Crippen LogP contribution in [0.2, 0.25) is 0 Å². The van der Waals surface area contributed by atoms with Gasteiger partial charge in [-0.1, -0.05) is 13.3 Å². The first-order chi connectivity index (χ1) is 9.85. The van der Waals surface area contributed by atoms with E-state index in [0.29, 0.717) is 12.5 Å². The highest BCUT2D eigenvalue weighted by Crippen LogP contribution is 2.40. The molecular formula is C17H28N2O. The van der Waals surface area contributed by atoms with Crippen LogP contribution in [0.4, 0.5) is 0 Å². The Labute approximate surface area is 122 Å². The van der Waals surface area contributed by atoms with Crippen LogP contribution in [0.15, 0.2) is 22.5 Å². The smallest absolute Gasteiger partial charge is 0.0593 e. The van der Waals surface area contributed by atoms with Crippen LogP contribution in [0.1, 0.15) is 51.9 Å². The van der Waals surface area contributed by atoms with E-state index in [4.69, 9.17) is 5.11 Å². The van der Waals surface area contributed by atoms with Crippen molar-refractivity contribution in [2.45, 2.75) is 51.9 Å². The van der Waals surface area contributed by atoms with E-state index >= 15 is 0 Å². The third-order valence-corrected chi connectivity index (χ3v) is 5.17. The molecule has 20 heavy (non-hydrogen) atoms. The Hall–Kier alpha value is -0.960. The normalized spacial score (nSPS) is 25.7. The highest BCUT2D eigenvalue weighted by atomic mass is 16.2. The van der Waals surface area contributed by atoms with E-state index in [2.05, 4.69) is 17.1 Å². The Kier molecular flexibility index (Phi) is 4.35. The third kappa shape index (κ3) is 2.48. The molecule has 3 heteroatoms. The first-order valence-electron chi connectivity index (χ1n) is 8.40. The van der Waals surface area contributed by atoms with Crippen molar-refractivity contribution in [1.82, 2.24) is 10.2 Å². The van der Waals surface area contributed by atoms with Gasteiger partial charge < -0.3 is 15.3 Å². The quantitative estimate of drug-likeness (QED) is 0.758. The Morgan fingerprint density at radius 1 is 1.25 bits per heavy atom. The molecule has 0 aromatic carbocycles. The topological polar surface area (TPSA) is 35.5 Å². The van der Waals surface area contributed by atoms with Crippen LogP contribution in [0.25, 0.3) is 0 Å². The van der Waals surface area contributed by atoms with Gasteiger partial charge in [0.15, 0.2) is 0 Å². The fourth-order valence-corrected chi connectivity index (χ4v) is 4.11. The summed E-state index contributed by atoms with van der Waals surface area (Å²) < 4.78 is 0. The Morgan fingerprint density at radius 2 is 2.15 bits per heavy atom. The van der Waals surface area contributed by atoms with Gasteiger partial charge in [-0.05, 0) is 55.6 Å². The maximum atomic E-state index is 8.95. The van der Waals surface area contributed by atoms with Gasteiger partial charge in [0.05, 0.1) is 11.4 Å². The van der Waals surface area contributed by atoms with E-state index in [0.717, 1.165) is 19.4 Å². The van der Waals surface area contributed by atoms with E-state index in [1.54, 1.807) is 16.8 Å². The maximum Gasteiger partial charge on any atom is 0.0593 e. The van der Waals surface area contributed by atoms with E-state index in [1.807, 2.05) is 0 Å². The number of allylic oxidation sites excluding steroid dienone is 1. The second kappa shape index (κ2) is 6.21. The molecule has 0 aromatic heterocycles. The zero-order valence-corrected chi connectivity index (χ0v) is 12.7. The van der Waals surface area contributed by atoms with Crippen molar-refractivity contribution < 1.29 is 5.11 Å². The first kappa shape index (κ1) is 14.0. The summed E-state index contributed by atoms with van der Waals surface area (Å²) >= 11 is 0. The summed E-state index contributed by atoms with van der Waals surface area (Å²) in [6.07, 6.45) is 8.40. The largest absolute Gasteiger partial charge is 0.396 e. The average Bonchev–Trinajstić information content (AvgIpc) is 2.90. The van der Waals surface area contributed by atoms with Gasteiger partial charge in [-0.2, -0.15) is 0 Å². The standard InChI is InChI=1S/C17H28N2O/c1-2-13-7-5-9-19-10-8-15-14(6-3-4-11-20)12-18-16(15)17(13)19/h14,18,20H,2-12H2,1H3. The predicted molar refractivity (Wildman–Crippen MR) is 82.2 cm³/mol. The Morgan fingerprint density at radius 3 is 2.95 bits per heavy atom. The lowest BCUT2D eigenvalue weighted by Gasteiger charge is -2.38. The summed E-state index contributed by atoms with van der Waals surface area (Å²) in [4.78, 5) is 2.62. The summed E-state index contributed by atoms with van der Waals surface area (Å²) in [5.74, 6) is 0.714. The minimum Gasteiger partial charge on any atom is -0.396 e. The fraction of sp³-hybridized carbons (Fsp3) is 0.765. The molecule has 0 saturated heterocycles. The monoisotopic (exact) mass is 276 g/mol. The summed E-state index contributed by atoms with van der Waals surface area (Å²) in [5.41, 5.74) is 6.39. The van der Waals surface area contributed by atoms with Crippen LogP contribution in [0, 0.1) is 5.92 Å². The number of nitrogens with zero attached hydrogens (tertiary/aromatic N) is 1. The molecule has 0 fully saturated rings. The number of hydrogen-bond acceptors (Lipinski definition) is 3. The van der Waals surface area contributed by atoms with Crippen LogP contribution in [0.3, 0.4) is 0 Å². The van der Waals surface area contributed by atoms with Crippen molar-refractivity contribution in [3.05, 3.63) is 22.5 Å². The number of unbranched alkanes of at least 4 members (excludes halogenated alkanes) is 1. The zero-order valence-electron chi connectivity index (χ0n) is 12.7. The van der Waals surface area contributed by atoms with Gasteiger partial charge in [-0.25, -0.2) is 0 Å². The SMILES string of the molecule is CCC1=C2C3=C(CCN2CCC1)C(CCCCO)CN3. The summed E-state index contributed by atoms with van der Waals surface area (Å²) in [6, 6.07) is 0. The second-order valence-corrected chi connectivity index (χ2v) is 6.34. The van der Waals surface area contributed by atoms with E-state index in [9.17, 15) is 0 Å². The van der Waals surface area contributed by atoms with E-state index in [1.165, 1.54) is 50.9 Å². The lowest BCUT2D eigenvalue weighted by molar-refractivity contribution is 0.279. The molecule has 3 heterocycles. The van der Waals surface area contributed by atoms with Crippen LogP contribution >= 0.6 is 0 Å². The molecule has 0 bridgehead atoms. The molecule has 3 aliphatic rings. The predicted octanol–water partition coefficient (Wildman–Crippen LogP) is 2.79. The molecule has 2 N–H and O–H groups in total. The highest BCUT2D eigenvalue weighted by molar-refractivity contribution is 5.44. The highest BCUT2D eigenvalue weighted by Gasteiger charge is 2.34. The molecule has 1 atom stereocenters. The van der Waals surface area contributed by atoms with Crippen LogP contribution in [-0.4, -0.2) is 36.2 Å². The van der Waals surface area contributed by atoms with Crippen molar-refractivity contribution in [3.8, 4) is 0 Å². The van der Waals surface area contributed by atoms with Crippen LogP contribution in [-0.2, 0) is 0 Å². The van der Waals surface area contributed by atoms with E-state index in [-0.39, 0.29) is 0 Å². The van der Waals surface area contributed by atoms with Gasteiger partial charge >= 0.3 is 0 Å². The minimum atomic E-state index is 0.338. The van der Waals surface area contributed by atoms with Gasteiger partial charge in [0.1, 0.15) is 0 Å². The number of aliphatic hydroxyl groups is 1. The maximum absolute atomic E-state index is 8.95. The van der Waals surface area contributed by atoms with Gasteiger partial charge in [-0.3, -0.25) is 0 Å². The van der Waals surface area contributed by atoms with Crippen molar-refractivity contribution in [2.75, 3.05) is 26.2 Å². The van der Waals surface area contributed by atoms with Crippen molar-refractivity contribution in [1.29, 1.82) is 0 Å². The Balaban J connectivity index is 1.81. The number of fused-ring (bicyclic) bond motifs is 2. The molecule has 112 valence electrons. The molecule has 0 radical (unpaired) electrons. The third-order valence-electron chi connectivity index (χ3n) is 5.17. The summed E-state index contributed by atoms with van der Waals surface area (Å²) in [7, 11) is 0. The number of nitrogens with one attached hydrogen (secondary N) is 1. The van der Waals surface area contributed by atoms with Gasteiger partial charge in [0.25, 0.3) is 0 Å². The van der Waals surface area contributed by atoms with Gasteiger partial charge in [-0.15, -0.1) is 0 Å². The summed E-state index contributed by atoms with van der Waals surface area (Å²) in [6.45, 7) is 6.21. The molecule has 0 aromatic rings. The van der Waals surface area contributed by atoms with Gasteiger partial charge in [0, 0.05) is 26.2 Å². The molecule has 0 aliphatic carbocycles. The molecule has 3 rings (SSSR count). The van der Waals surface area contributed by atoms with E-state index < -0.39 is 0 Å². The fourth-order valence-electron chi connectivity index (χ4n) is 4.11. The lowest BCUT2D eigenvalue weighted by Crippen LogP contribution is -2.36. The molecule has 0 spiro atoms. The molecule has 1 unspecified atom stereocenters. The minimum absolute atomic E-state index is 0.338. The lowest BCUT2D eigenvalue weighted by atomic mass is 9.87. The first-order valence-corrected chi connectivity index (χ1v) is 8.40. The molecule has 3 nitrogen and oxygen atoms in total. The second-order valence-electron chi connectivity index (χ2n) is 6.34. The van der Waals surface area contributed by atoms with Gasteiger partial charge in [0.2, 0.25) is 0 Å². The average molecular weight is 276 g/mol. The summed E-state index contributed by atoms with van der Waals surface area (Å²) in [5, 5.41) is 12.7. The van der Waals surface area contributed by atoms with Crippen molar-refractivity contribution >= 4 is 0 Å². The number of rotatable bonds is 5. The van der Waals surface area contributed by atoms with Crippen LogP contribution in [0.5, 0.6) is 0 Å².